The van der Waals surface area contributed by atoms with Gasteiger partial charge in [-0.2, -0.15) is 18.3 Å². The maximum Gasteiger partial charge on any atom is 0.408 e. The van der Waals surface area contributed by atoms with E-state index in [9.17, 15) is 18.0 Å². The fraction of sp³-hybridized carbons (Fsp3) is 0.292. The van der Waals surface area contributed by atoms with Crippen molar-refractivity contribution in [2.24, 2.45) is 0 Å². The first-order valence-electron chi connectivity index (χ1n) is 10.9. The number of fused-ring (bicyclic) bond motifs is 2. The van der Waals surface area contributed by atoms with E-state index in [2.05, 4.69) is 39.2 Å². The number of aromatic nitrogens is 4. The maximum absolute atomic E-state index is 12.9. The van der Waals surface area contributed by atoms with Crippen molar-refractivity contribution in [1.82, 2.24) is 29.8 Å². The summed E-state index contributed by atoms with van der Waals surface area (Å²) in [7, 11) is 2.09. The molecule has 0 saturated carbocycles. The van der Waals surface area contributed by atoms with Gasteiger partial charge in [-0.05, 0) is 55.3 Å². The Labute approximate surface area is 193 Å². The van der Waals surface area contributed by atoms with Crippen LogP contribution in [0.15, 0.2) is 49.1 Å². The van der Waals surface area contributed by atoms with E-state index in [1.54, 1.807) is 12.3 Å². The third kappa shape index (κ3) is 4.05. The summed E-state index contributed by atoms with van der Waals surface area (Å²) in [5, 5.41) is 7.05. The molecular weight excluding hydrogens is 445 g/mol. The molecule has 0 spiro atoms. The molecule has 7 nitrogen and oxygen atoms in total. The van der Waals surface area contributed by atoms with Crippen LogP contribution >= 0.6 is 0 Å². The standard InChI is InChI=1S/C24H23F3N6O/c1-14(24(25,26)27)31-23(34)20-13-30-33-8-5-16(10-21(20)33)19-12-29-22-18(19)9-17(11-28-22)15-3-6-32(2)7-4-15/h3,5,8-14H,4,6-7H2,1-2H3,(H,28,29)(H,31,34)/t14-/m1/s1. The first-order valence-corrected chi connectivity index (χ1v) is 10.9. The molecule has 1 amide bonds. The number of amides is 1. The Bertz CT molecular complexity index is 1420. The molecule has 0 aromatic carbocycles. The number of likely N-dealkylation sites (N-methyl/N-ethyl adjacent to an activating group) is 1. The van der Waals surface area contributed by atoms with Crippen LogP contribution in [0.2, 0.25) is 0 Å². The predicted molar refractivity (Wildman–Crippen MR) is 123 cm³/mol. The minimum atomic E-state index is -4.53. The zero-order valence-electron chi connectivity index (χ0n) is 18.6. The van der Waals surface area contributed by atoms with Crippen LogP contribution in [-0.4, -0.2) is 62.7 Å². The van der Waals surface area contributed by atoms with Gasteiger partial charge in [0.2, 0.25) is 0 Å². The van der Waals surface area contributed by atoms with Crippen molar-refractivity contribution in [1.29, 1.82) is 0 Å². The van der Waals surface area contributed by atoms with Gasteiger partial charge < -0.3 is 15.2 Å². The lowest BCUT2D eigenvalue weighted by molar-refractivity contribution is -0.149. The van der Waals surface area contributed by atoms with Crippen molar-refractivity contribution < 1.29 is 18.0 Å². The summed E-state index contributed by atoms with van der Waals surface area (Å²) in [6, 6.07) is 3.74. The number of carbonyl (C=O) groups excluding carboxylic acids is 1. The van der Waals surface area contributed by atoms with Gasteiger partial charge in [-0.1, -0.05) is 6.08 Å². The average molecular weight is 468 g/mol. The fourth-order valence-electron chi connectivity index (χ4n) is 4.13. The Morgan fingerprint density at radius 1 is 1.24 bits per heavy atom. The van der Waals surface area contributed by atoms with Crippen molar-refractivity contribution in [3.8, 4) is 11.1 Å². The highest BCUT2D eigenvalue weighted by Crippen LogP contribution is 2.32. The van der Waals surface area contributed by atoms with Gasteiger partial charge >= 0.3 is 6.18 Å². The number of rotatable bonds is 4. The van der Waals surface area contributed by atoms with Crippen molar-refractivity contribution in [3.05, 3.63) is 60.2 Å². The average Bonchev–Trinajstić information content (AvgIpc) is 3.42. The highest BCUT2D eigenvalue weighted by atomic mass is 19.4. The minimum absolute atomic E-state index is 0.0769. The second kappa shape index (κ2) is 8.28. The Morgan fingerprint density at radius 2 is 2.06 bits per heavy atom. The second-order valence-electron chi connectivity index (χ2n) is 8.60. The molecule has 5 rings (SSSR count). The topological polar surface area (TPSA) is 78.3 Å². The molecule has 1 aliphatic heterocycles. The molecule has 4 aromatic rings. The van der Waals surface area contributed by atoms with Gasteiger partial charge in [-0.25, -0.2) is 9.50 Å². The highest BCUT2D eigenvalue weighted by molar-refractivity contribution is 6.02. The fourth-order valence-corrected chi connectivity index (χ4v) is 4.13. The molecule has 0 bridgehead atoms. The lowest BCUT2D eigenvalue weighted by atomic mass is 9.98. The van der Waals surface area contributed by atoms with E-state index in [-0.39, 0.29) is 5.56 Å². The van der Waals surface area contributed by atoms with E-state index in [1.807, 2.05) is 23.8 Å². The van der Waals surface area contributed by atoms with Gasteiger partial charge in [0.15, 0.2) is 0 Å². The molecule has 1 atom stereocenters. The van der Waals surface area contributed by atoms with Crippen LogP contribution in [0, 0.1) is 0 Å². The van der Waals surface area contributed by atoms with Crippen molar-refractivity contribution >= 4 is 28.0 Å². The number of hydrogen-bond donors (Lipinski definition) is 2. The van der Waals surface area contributed by atoms with Crippen molar-refractivity contribution in [2.45, 2.75) is 25.6 Å². The Morgan fingerprint density at radius 3 is 2.79 bits per heavy atom. The Balaban J connectivity index is 1.52. The van der Waals surface area contributed by atoms with Crippen LogP contribution in [0.5, 0.6) is 0 Å². The van der Waals surface area contributed by atoms with E-state index in [1.165, 1.54) is 16.3 Å². The monoisotopic (exact) mass is 468 g/mol. The van der Waals surface area contributed by atoms with Crippen LogP contribution in [0.1, 0.15) is 29.3 Å². The van der Waals surface area contributed by atoms with Crippen LogP contribution in [-0.2, 0) is 0 Å². The van der Waals surface area contributed by atoms with Crippen LogP contribution in [0.3, 0.4) is 0 Å². The summed E-state index contributed by atoms with van der Waals surface area (Å²) < 4.78 is 40.2. The summed E-state index contributed by atoms with van der Waals surface area (Å²) >= 11 is 0. The molecular formula is C24H23F3N6O. The number of nitrogens with one attached hydrogen (secondary N) is 2. The molecule has 4 aromatic heterocycles. The number of carbonyl (C=O) groups is 1. The number of alkyl halides is 3. The summed E-state index contributed by atoms with van der Waals surface area (Å²) in [5.41, 5.74) is 5.23. The van der Waals surface area contributed by atoms with E-state index in [0.717, 1.165) is 54.2 Å². The molecule has 5 heterocycles. The zero-order valence-corrected chi connectivity index (χ0v) is 18.6. The Kier molecular flexibility index (Phi) is 5.40. The van der Waals surface area contributed by atoms with Crippen LogP contribution in [0.25, 0.3) is 33.3 Å². The van der Waals surface area contributed by atoms with Crippen molar-refractivity contribution in [2.75, 3.05) is 20.1 Å². The van der Waals surface area contributed by atoms with E-state index >= 15 is 0 Å². The maximum atomic E-state index is 12.9. The number of halogens is 3. The number of nitrogens with zero attached hydrogens (tertiary/aromatic N) is 4. The van der Waals surface area contributed by atoms with Crippen LogP contribution < -0.4 is 5.32 Å². The second-order valence-corrected chi connectivity index (χ2v) is 8.60. The molecule has 0 aliphatic carbocycles. The molecule has 176 valence electrons. The number of pyridine rings is 2. The zero-order chi connectivity index (χ0) is 24.0. The minimum Gasteiger partial charge on any atom is -0.346 e. The lowest BCUT2D eigenvalue weighted by Crippen LogP contribution is -2.43. The third-order valence-corrected chi connectivity index (χ3v) is 6.23. The molecule has 2 N–H and O–H groups in total. The molecule has 0 fully saturated rings. The van der Waals surface area contributed by atoms with Crippen LogP contribution in [0.4, 0.5) is 13.2 Å². The lowest BCUT2D eigenvalue weighted by Gasteiger charge is -2.22. The number of aromatic amines is 1. The SMILES string of the molecule is C[C@@H](NC(=O)c1cnn2ccc(-c3c[nH]c4ncc(C5=CCN(C)CC5)cc34)cc12)C(F)(F)F. The van der Waals surface area contributed by atoms with Gasteiger partial charge in [0.1, 0.15) is 11.7 Å². The predicted octanol–water partition coefficient (Wildman–Crippen LogP) is 4.28. The summed E-state index contributed by atoms with van der Waals surface area (Å²) in [6.45, 7) is 2.79. The van der Waals surface area contributed by atoms with E-state index < -0.39 is 18.1 Å². The quantitative estimate of drug-likeness (QED) is 0.469. The molecule has 0 saturated heterocycles. The number of hydrogen-bond acceptors (Lipinski definition) is 4. The van der Waals surface area contributed by atoms with E-state index in [0.29, 0.717) is 5.52 Å². The van der Waals surface area contributed by atoms with Gasteiger partial charge in [-0.3, -0.25) is 4.79 Å². The van der Waals surface area contributed by atoms with Gasteiger partial charge in [0.25, 0.3) is 5.91 Å². The highest BCUT2D eigenvalue weighted by Gasteiger charge is 2.37. The molecule has 10 heteroatoms. The smallest absolute Gasteiger partial charge is 0.346 e. The Hall–Kier alpha value is -3.66. The summed E-state index contributed by atoms with van der Waals surface area (Å²) in [6.07, 6.45) is 5.30. The molecule has 0 radical (unpaired) electrons. The normalized spacial score (nSPS) is 16.1. The van der Waals surface area contributed by atoms with Gasteiger partial charge in [-0.15, -0.1) is 0 Å². The third-order valence-electron chi connectivity index (χ3n) is 6.23. The summed E-state index contributed by atoms with van der Waals surface area (Å²) in [5.74, 6) is -0.825. The molecule has 34 heavy (non-hydrogen) atoms. The number of H-pyrrole nitrogens is 1. The largest absolute Gasteiger partial charge is 0.408 e. The van der Waals surface area contributed by atoms with Gasteiger partial charge in [0.05, 0.1) is 17.3 Å². The van der Waals surface area contributed by atoms with Gasteiger partial charge in [0, 0.05) is 42.6 Å². The van der Waals surface area contributed by atoms with E-state index in [4.69, 9.17) is 0 Å². The first kappa shape index (κ1) is 22.1. The molecule has 1 aliphatic rings. The molecule has 0 unspecified atom stereocenters. The summed E-state index contributed by atoms with van der Waals surface area (Å²) in [4.78, 5) is 22.5. The first-order chi connectivity index (χ1) is 16.2. The van der Waals surface area contributed by atoms with Crippen molar-refractivity contribution in [3.63, 3.8) is 0 Å².